The highest BCUT2D eigenvalue weighted by molar-refractivity contribution is 6.02. The van der Waals surface area contributed by atoms with Crippen molar-refractivity contribution in [2.75, 3.05) is 0 Å². The number of carbonyl (C=O) groups excluding carboxylic acids is 2. The fraction of sp³-hybridized carbons (Fsp3) is 0.385. The van der Waals surface area contributed by atoms with Crippen LogP contribution in [0.2, 0.25) is 0 Å². The van der Waals surface area contributed by atoms with Crippen molar-refractivity contribution in [2.24, 2.45) is 5.92 Å². The third-order valence-electron chi connectivity index (χ3n) is 2.32. The average molecular weight is 258 g/mol. The number of alkyl halides is 3. The van der Waals surface area contributed by atoms with Gasteiger partial charge in [0.1, 0.15) is 0 Å². The van der Waals surface area contributed by atoms with Crippen molar-refractivity contribution in [2.45, 2.75) is 26.4 Å². The number of carbonyl (C=O) groups is 2. The van der Waals surface area contributed by atoms with E-state index in [2.05, 4.69) is 0 Å². The Bertz CT molecular complexity index is 444. The highest BCUT2D eigenvalue weighted by Gasteiger charge is 2.39. The summed E-state index contributed by atoms with van der Waals surface area (Å²) in [6.45, 7) is 3.75. The Kier molecular flexibility index (Phi) is 4.27. The molecule has 0 saturated carbocycles. The summed E-state index contributed by atoms with van der Waals surface area (Å²) in [4.78, 5) is 22.5. The van der Waals surface area contributed by atoms with Crippen LogP contribution in [0.3, 0.4) is 0 Å². The van der Waals surface area contributed by atoms with Crippen molar-refractivity contribution in [1.29, 1.82) is 0 Å². The zero-order valence-electron chi connectivity index (χ0n) is 10.0. The molecule has 0 aliphatic carbocycles. The fourth-order valence-electron chi connectivity index (χ4n) is 1.46. The van der Waals surface area contributed by atoms with E-state index in [1.54, 1.807) is 0 Å². The van der Waals surface area contributed by atoms with Crippen molar-refractivity contribution in [3.05, 3.63) is 35.4 Å². The maximum Gasteiger partial charge on any atom is 0.454 e. The number of hydrogen-bond acceptors (Lipinski definition) is 2. The lowest BCUT2D eigenvalue weighted by molar-refractivity contribution is -0.0885. The topological polar surface area (TPSA) is 34.1 Å². The standard InChI is InChI=1S/C13H13F3O2/c1-8(2)7-11(17)9-3-5-10(6-4-9)12(18)13(14,15)16/h3-6,8H,7H2,1-2H3. The number of hydrogen-bond donors (Lipinski definition) is 0. The SMILES string of the molecule is CC(C)CC(=O)c1ccc(C(=O)C(F)(F)F)cc1. The van der Waals surface area contributed by atoms with Crippen LogP contribution in [-0.2, 0) is 0 Å². The third-order valence-corrected chi connectivity index (χ3v) is 2.32. The minimum absolute atomic E-state index is 0.143. The molecule has 5 heteroatoms. The van der Waals surface area contributed by atoms with Crippen LogP contribution in [0.5, 0.6) is 0 Å². The zero-order chi connectivity index (χ0) is 13.9. The Morgan fingerprint density at radius 3 is 1.89 bits per heavy atom. The zero-order valence-corrected chi connectivity index (χ0v) is 10.0. The summed E-state index contributed by atoms with van der Waals surface area (Å²) in [6, 6.07) is 4.57. The van der Waals surface area contributed by atoms with Gasteiger partial charge in [-0.3, -0.25) is 9.59 Å². The molecule has 18 heavy (non-hydrogen) atoms. The molecule has 0 heterocycles. The fourth-order valence-corrected chi connectivity index (χ4v) is 1.46. The molecule has 1 aromatic carbocycles. The summed E-state index contributed by atoms with van der Waals surface area (Å²) in [6.07, 6.45) is -4.56. The Morgan fingerprint density at radius 1 is 1.06 bits per heavy atom. The second-order valence-corrected chi connectivity index (χ2v) is 4.43. The van der Waals surface area contributed by atoms with Gasteiger partial charge in [-0.05, 0) is 5.92 Å². The van der Waals surface area contributed by atoms with Gasteiger partial charge in [0.2, 0.25) is 0 Å². The van der Waals surface area contributed by atoms with Gasteiger partial charge in [-0.15, -0.1) is 0 Å². The van der Waals surface area contributed by atoms with Crippen LogP contribution in [0.15, 0.2) is 24.3 Å². The molecule has 0 saturated heterocycles. The minimum atomic E-state index is -4.89. The number of benzene rings is 1. The molecule has 0 atom stereocenters. The molecule has 0 fully saturated rings. The van der Waals surface area contributed by atoms with Gasteiger partial charge in [0, 0.05) is 17.5 Å². The summed E-state index contributed by atoms with van der Waals surface area (Å²) in [7, 11) is 0. The van der Waals surface area contributed by atoms with Gasteiger partial charge < -0.3 is 0 Å². The Labute approximate surface area is 103 Å². The molecule has 0 amide bonds. The van der Waals surface area contributed by atoms with Crippen molar-refractivity contribution >= 4 is 11.6 Å². The van der Waals surface area contributed by atoms with Crippen LogP contribution < -0.4 is 0 Å². The summed E-state index contributed by atoms with van der Waals surface area (Å²) in [5.74, 6) is -1.87. The van der Waals surface area contributed by atoms with Crippen molar-refractivity contribution in [1.82, 2.24) is 0 Å². The van der Waals surface area contributed by atoms with Crippen LogP contribution in [0, 0.1) is 5.92 Å². The lowest BCUT2D eigenvalue weighted by atomic mass is 9.99. The lowest BCUT2D eigenvalue weighted by Gasteiger charge is -2.07. The second kappa shape index (κ2) is 5.33. The largest absolute Gasteiger partial charge is 0.454 e. The third kappa shape index (κ3) is 3.68. The van der Waals surface area contributed by atoms with Crippen LogP contribution in [0.25, 0.3) is 0 Å². The van der Waals surface area contributed by atoms with Crippen LogP contribution in [0.1, 0.15) is 41.0 Å². The molecule has 1 aromatic rings. The quantitative estimate of drug-likeness (QED) is 0.772. The predicted octanol–water partition coefficient (Wildman–Crippen LogP) is 3.66. The first-order valence-electron chi connectivity index (χ1n) is 5.46. The molecule has 98 valence electrons. The Balaban J connectivity index is 2.87. The average Bonchev–Trinajstić information content (AvgIpc) is 2.26. The molecular weight excluding hydrogens is 245 g/mol. The molecule has 0 aliphatic rings. The molecule has 1 rings (SSSR count). The van der Waals surface area contributed by atoms with E-state index in [4.69, 9.17) is 0 Å². The van der Waals surface area contributed by atoms with Crippen LogP contribution in [-0.4, -0.2) is 17.7 Å². The molecule has 0 N–H and O–H groups in total. The first-order valence-corrected chi connectivity index (χ1v) is 5.46. The smallest absolute Gasteiger partial charge is 0.294 e. The van der Waals surface area contributed by atoms with Crippen molar-refractivity contribution in [3.63, 3.8) is 0 Å². The molecule has 0 aromatic heterocycles. The van der Waals surface area contributed by atoms with E-state index in [0.717, 1.165) is 12.1 Å². The van der Waals surface area contributed by atoms with Crippen molar-refractivity contribution in [3.8, 4) is 0 Å². The van der Waals surface area contributed by atoms with E-state index in [1.807, 2.05) is 13.8 Å². The molecule has 0 unspecified atom stereocenters. The molecule has 0 aliphatic heterocycles. The van der Waals surface area contributed by atoms with Gasteiger partial charge in [0.15, 0.2) is 5.78 Å². The monoisotopic (exact) mass is 258 g/mol. The van der Waals surface area contributed by atoms with Crippen LogP contribution >= 0.6 is 0 Å². The minimum Gasteiger partial charge on any atom is -0.294 e. The van der Waals surface area contributed by atoms with E-state index >= 15 is 0 Å². The highest BCUT2D eigenvalue weighted by Crippen LogP contribution is 2.22. The van der Waals surface area contributed by atoms with E-state index in [9.17, 15) is 22.8 Å². The lowest BCUT2D eigenvalue weighted by Crippen LogP contribution is -2.22. The Morgan fingerprint density at radius 2 is 1.50 bits per heavy atom. The molecule has 0 radical (unpaired) electrons. The van der Waals surface area contributed by atoms with Crippen molar-refractivity contribution < 1.29 is 22.8 Å². The maximum atomic E-state index is 12.1. The highest BCUT2D eigenvalue weighted by atomic mass is 19.4. The summed E-state index contributed by atoms with van der Waals surface area (Å²) >= 11 is 0. The number of ketones is 2. The number of rotatable bonds is 4. The van der Waals surface area contributed by atoms with Gasteiger partial charge in [0.25, 0.3) is 5.78 Å². The van der Waals surface area contributed by atoms with Gasteiger partial charge in [-0.2, -0.15) is 13.2 Å². The van der Waals surface area contributed by atoms with E-state index in [1.165, 1.54) is 12.1 Å². The molecule has 0 bridgehead atoms. The predicted molar refractivity (Wildman–Crippen MR) is 60.6 cm³/mol. The normalized spacial score (nSPS) is 11.7. The summed E-state index contributed by atoms with van der Waals surface area (Å²) in [5.41, 5.74) is -0.133. The first kappa shape index (κ1) is 14.4. The first-order chi connectivity index (χ1) is 8.21. The van der Waals surface area contributed by atoms with Crippen LogP contribution in [0.4, 0.5) is 13.2 Å². The molecule has 2 nitrogen and oxygen atoms in total. The summed E-state index contributed by atoms with van der Waals surface area (Å²) < 4.78 is 36.4. The molecule has 0 spiro atoms. The van der Waals surface area contributed by atoms with Gasteiger partial charge in [-0.25, -0.2) is 0 Å². The van der Waals surface area contributed by atoms with E-state index < -0.39 is 17.5 Å². The van der Waals surface area contributed by atoms with E-state index in [-0.39, 0.29) is 11.7 Å². The number of halogens is 3. The second-order valence-electron chi connectivity index (χ2n) is 4.43. The Hall–Kier alpha value is -1.65. The molecular formula is C13H13F3O2. The van der Waals surface area contributed by atoms with E-state index in [0.29, 0.717) is 12.0 Å². The number of Topliss-reactive ketones (excluding diaryl/α,β-unsaturated/α-hetero) is 2. The maximum absolute atomic E-state index is 12.1. The van der Waals surface area contributed by atoms with Gasteiger partial charge in [-0.1, -0.05) is 38.1 Å². The van der Waals surface area contributed by atoms with Gasteiger partial charge in [0.05, 0.1) is 0 Å². The summed E-state index contributed by atoms with van der Waals surface area (Å²) in [5, 5.41) is 0. The van der Waals surface area contributed by atoms with Gasteiger partial charge >= 0.3 is 6.18 Å².